The lowest BCUT2D eigenvalue weighted by atomic mass is 10.3. The molecule has 1 heterocycles. The third-order valence-corrected chi connectivity index (χ3v) is 2.12. The molecule has 7 heteroatoms. The van der Waals surface area contributed by atoms with Crippen LogP contribution in [0.2, 0.25) is 0 Å². The molecule has 0 aliphatic carbocycles. The average Bonchev–Trinajstić information content (AvgIpc) is 2.35. The van der Waals surface area contributed by atoms with Crippen LogP contribution < -0.4 is 11.3 Å². The maximum atomic E-state index is 12.5. The molecule has 0 aromatic carbocycles. The van der Waals surface area contributed by atoms with Gasteiger partial charge in [0.05, 0.1) is 0 Å². The molecule has 1 rings (SSSR count). The molecule has 3 nitrogen and oxygen atoms in total. The molecule has 74 valence electrons. The van der Waals surface area contributed by atoms with Gasteiger partial charge in [-0.15, -0.1) is 11.3 Å². The third-order valence-electron chi connectivity index (χ3n) is 1.16. The molecule has 0 bridgehead atoms. The zero-order valence-corrected chi connectivity index (χ0v) is 7.33. The summed E-state index contributed by atoms with van der Waals surface area (Å²) in [5.41, 5.74) is 0. The number of rotatable bonds is 2. The second kappa shape index (κ2) is 3.75. The number of carboxylic acids is 1. The van der Waals surface area contributed by atoms with Crippen LogP contribution in [0.1, 0.15) is 4.88 Å². The summed E-state index contributed by atoms with van der Waals surface area (Å²) in [7, 11) is 0. The van der Waals surface area contributed by atoms with E-state index in [1.165, 1.54) is 0 Å². The van der Waals surface area contributed by atoms with Crippen molar-refractivity contribution in [1.29, 1.82) is 0 Å². The molecule has 0 saturated carbocycles. The van der Waals surface area contributed by atoms with E-state index in [2.05, 4.69) is 0 Å². The lowest BCUT2D eigenvalue weighted by Gasteiger charge is -2.14. The Kier molecular flexibility index (Phi) is 3.44. The zero-order chi connectivity index (χ0) is 9.35. The number of hydrogen-bond acceptors (Lipinski definition) is 3. The monoisotopic (exact) mass is 213 g/mol. The Morgan fingerprint density at radius 1 is 1.54 bits per heavy atom. The van der Waals surface area contributed by atoms with Crippen molar-refractivity contribution in [1.82, 2.24) is 6.15 Å². The molecule has 0 saturated heterocycles. The van der Waals surface area contributed by atoms with Crippen LogP contribution in [0.3, 0.4) is 0 Å². The van der Waals surface area contributed by atoms with E-state index < -0.39 is 22.6 Å². The molecular weight excluding hydrogens is 207 g/mol. The Morgan fingerprint density at radius 2 is 2.08 bits per heavy atom. The third kappa shape index (κ3) is 1.99. The van der Waals surface area contributed by atoms with Crippen molar-refractivity contribution < 1.29 is 23.1 Å². The molecule has 0 unspecified atom stereocenters. The number of carboxylic acid groups (broad SMARTS) is 1. The summed E-state index contributed by atoms with van der Waals surface area (Å²) in [6.45, 7) is 0. The maximum Gasteiger partial charge on any atom is 0.324 e. The molecule has 0 aliphatic heterocycles. The van der Waals surface area contributed by atoms with Crippen molar-refractivity contribution >= 4 is 17.3 Å². The van der Waals surface area contributed by atoms with E-state index >= 15 is 0 Å². The molecule has 1 aromatic rings. The molecule has 0 aliphatic rings. The van der Waals surface area contributed by atoms with Gasteiger partial charge in [-0.1, -0.05) is 0 Å². The molecule has 1 aromatic heterocycles. The lowest BCUT2D eigenvalue weighted by Crippen LogP contribution is -2.39. The molecule has 0 radical (unpaired) electrons. The predicted molar refractivity (Wildman–Crippen MR) is 39.2 cm³/mol. The first-order chi connectivity index (χ1) is 5.46. The highest BCUT2D eigenvalue weighted by atomic mass is 32.1. The first-order valence-electron chi connectivity index (χ1n) is 2.79. The van der Waals surface area contributed by atoms with Crippen LogP contribution >= 0.6 is 11.3 Å². The SMILES string of the molecule is O=C([O-])C(F)(F)c1sccc1F.[NH4+]. The van der Waals surface area contributed by atoms with Crippen molar-refractivity contribution in [3.63, 3.8) is 0 Å². The van der Waals surface area contributed by atoms with E-state index in [9.17, 15) is 23.1 Å². The van der Waals surface area contributed by atoms with Crippen LogP contribution in [0.5, 0.6) is 0 Å². The number of carbonyl (C=O) groups excluding carboxylic acids is 1. The van der Waals surface area contributed by atoms with Gasteiger partial charge in [-0.3, -0.25) is 0 Å². The van der Waals surface area contributed by atoms with Crippen LogP contribution in [-0.4, -0.2) is 5.97 Å². The van der Waals surface area contributed by atoms with E-state index in [-0.39, 0.29) is 6.15 Å². The van der Waals surface area contributed by atoms with Crippen molar-refractivity contribution in [2.45, 2.75) is 5.92 Å². The lowest BCUT2D eigenvalue weighted by molar-refractivity contribution is -0.331. The number of alkyl halides is 2. The first kappa shape index (κ1) is 11.9. The molecule has 0 atom stereocenters. The number of hydrogen-bond donors (Lipinski definition) is 1. The van der Waals surface area contributed by atoms with Gasteiger partial charge >= 0.3 is 5.92 Å². The van der Waals surface area contributed by atoms with Gasteiger partial charge in [0.25, 0.3) is 0 Å². The van der Waals surface area contributed by atoms with Gasteiger partial charge in [0.2, 0.25) is 0 Å². The normalized spacial score (nSPS) is 10.7. The molecular formula is C6H6F3NO2S. The molecule has 0 fully saturated rings. The predicted octanol–water partition coefficient (Wildman–Crippen LogP) is 1.11. The van der Waals surface area contributed by atoms with Crippen molar-refractivity contribution in [3.05, 3.63) is 22.1 Å². The van der Waals surface area contributed by atoms with Gasteiger partial charge in [-0.05, 0) is 11.4 Å². The van der Waals surface area contributed by atoms with Crippen LogP contribution in [0.4, 0.5) is 13.2 Å². The van der Waals surface area contributed by atoms with Crippen molar-refractivity contribution in [2.24, 2.45) is 0 Å². The smallest absolute Gasteiger partial charge is 0.324 e. The minimum Gasteiger partial charge on any atom is -0.544 e. The Morgan fingerprint density at radius 3 is 2.38 bits per heavy atom. The summed E-state index contributed by atoms with van der Waals surface area (Å²) in [6.07, 6.45) is 0. The minimum atomic E-state index is -4.24. The van der Waals surface area contributed by atoms with Crippen LogP contribution in [0, 0.1) is 5.82 Å². The van der Waals surface area contributed by atoms with E-state index in [4.69, 9.17) is 0 Å². The van der Waals surface area contributed by atoms with Gasteiger partial charge < -0.3 is 16.1 Å². The quantitative estimate of drug-likeness (QED) is 0.798. The fourth-order valence-electron chi connectivity index (χ4n) is 0.610. The fourth-order valence-corrected chi connectivity index (χ4v) is 1.35. The summed E-state index contributed by atoms with van der Waals surface area (Å²) in [5, 5.41) is 10.9. The fraction of sp³-hybridized carbons (Fsp3) is 0.167. The van der Waals surface area contributed by atoms with Crippen molar-refractivity contribution in [2.75, 3.05) is 0 Å². The summed E-state index contributed by atoms with van der Waals surface area (Å²) >= 11 is 0.339. The van der Waals surface area contributed by atoms with Gasteiger partial charge in [0.15, 0.2) is 0 Å². The van der Waals surface area contributed by atoms with E-state index in [0.29, 0.717) is 11.3 Å². The second-order valence-corrected chi connectivity index (χ2v) is 2.88. The second-order valence-electron chi connectivity index (χ2n) is 1.96. The maximum absolute atomic E-state index is 12.5. The molecule has 4 N–H and O–H groups in total. The van der Waals surface area contributed by atoms with E-state index in [1.54, 1.807) is 0 Å². The van der Waals surface area contributed by atoms with Gasteiger partial charge in [0.1, 0.15) is 16.7 Å². The van der Waals surface area contributed by atoms with Crippen LogP contribution in [-0.2, 0) is 10.7 Å². The summed E-state index contributed by atoms with van der Waals surface area (Å²) in [5.74, 6) is -8.06. The Hall–Kier alpha value is -1.08. The average molecular weight is 213 g/mol. The largest absolute Gasteiger partial charge is 0.544 e. The number of quaternary nitrogens is 1. The van der Waals surface area contributed by atoms with E-state index in [1.807, 2.05) is 0 Å². The summed E-state index contributed by atoms with van der Waals surface area (Å²) in [6, 6.07) is 0.775. The number of aliphatic carboxylic acids is 1. The van der Waals surface area contributed by atoms with Crippen LogP contribution in [0.25, 0.3) is 0 Å². The number of thiophene rings is 1. The standard InChI is InChI=1S/C6H3F3O2S.H3N/c7-3-1-2-12-4(3)6(8,9)5(10)11;/h1-2H,(H,10,11);1H3. The topological polar surface area (TPSA) is 76.6 Å². The highest BCUT2D eigenvalue weighted by molar-refractivity contribution is 7.10. The minimum absolute atomic E-state index is 0. The zero-order valence-electron chi connectivity index (χ0n) is 6.51. The number of halogens is 3. The van der Waals surface area contributed by atoms with Gasteiger partial charge in [0, 0.05) is 0 Å². The highest BCUT2D eigenvalue weighted by Gasteiger charge is 2.37. The van der Waals surface area contributed by atoms with Crippen molar-refractivity contribution in [3.8, 4) is 0 Å². The van der Waals surface area contributed by atoms with Crippen LogP contribution in [0.15, 0.2) is 11.4 Å². The summed E-state index contributed by atoms with van der Waals surface area (Å²) < 4.78 is 37.4. The molecule has 13 heavy (non-hydrogen) atoms. The summed E-state index contributed by atoms with van der Waals surface area (Å²) in [4.78, 5) is 8.73. The Bertz CT molecular complexity index is 313. The molecule has 0 spiro atoms. The first-order valence-corrected chi connectivity index (χ1v) is 3.67. The highest BCUT2D eigenvalue weighted by Crippen LogP contribution is 2.33. The van der Waals surface area contributed by atoms with Gasteiger partial charge in [-0.25, -0.2) is 4.39 Å². The molecule has 0 amide bonds. The Labute approximate surface area is 75.4 Å². The van der Waals surface area contributed by atoms with E-state index in [0.717, 1.165) is 11.4 Å². The Balaban J connectivity index is 0.00000144. The van der Waals surface area contributed by atoms with Gasteiger partial charge in [-0.2, -0.15) is 8.78 Å². The number of carbonyl (C=O) groups is 1.